The number of para-hydroxylation sites is 10. The fourth-order valence-corrected chi connectivity index (χ4v) is 14.9. The third-order valence-electron chi connectivity index (χ3n) is 18.4. The Hall–Kier alpha value is -11.6. The van der Waals surface area contributed by atoms with E-state index in [1.165, 1.54) is 148 Å². The minimum Gasteiger partial charge on any atom is -0.354 e. The SMILES string of the molecule is Brc1ccc2c(c1)c1ccccc1n2-c1ccccc1.c1ccc(-n2c3ccccc3c3cc(-n4c5ccccc5c5ccc(-n6c7ccccc7c7ccccc76)cc54)ccc32)cc1.c1ccc2c(c1)[nH]c1cc(-n3c4ccccc4c4ccccc43)ccc12. The van der Waals surface area contributed by atoms with E-state index < -0.39 is 0 Å². The van der Waals surface area contributed by atoms with E-state index in [2.05, 4.69) is 365 Å². The van der Waals surface area contributed by atoms with Gasteiger partial charge in [0, 0.05) is 109 Å². The van der Waals surface area contributed by atoms with E-state index in [1.54, 1.807) is 0 Å². The van der Waals surface area contributed by atoms with Gasteiger partial charge in [0.05, 0.1) is 55.2 Å². The van der Waals surface area contributed by atoms with E-state index in [-0.39, 0.29) is 0 Å². The molecule has 0 radical (unpaired) electrons. The summed E-state index contributed by atoms with van der Waals surface area (Å²) in [5.74, 6) is 0. The molecular formula is C84H55BrN6. The van der Waals surface area contributed by atoms with Gasteiger partial charge in [0.15, 0.2) is 0 Å². The van der Waals surface area contributed by atoms with Gasteiger partial charge in [-0.3, -0.25) is 0 Å². The van der Waals surface area contributed by atoms with E-state index in [1.807, 2.05) is 6.07 Å². The van der Waals surface area contributed by atoms with Crippen LogP contribution in [0.4, 0.5) is 0 Å². The van der Waals surface area contributed by atoms with Gasteiger partial charge in [-0.2, -0.15) is 0 Å². The Bertz CT molecular complexity index is 6120. The van der Waals surface area contributed by atoms with Crippen LogP contribution in [-0.4, -0.2) is 27.8 Å². The molecule has 6 nitrogen and oxygen atoms in total. The number of aromatic amines is 1. The molecule has 0 unspecified atom stereocenters. The molecule has 0 fully saturated rings. The molecule has 7 heteroatoms. The van der Waals surface area contributed by atoms with Gasteiger partial charge < -0.3 is 27.8 Å². The molecule has 0 aliphatic rings. The number of rotatable bonds is 5. The summed E-state index contributed by atoms with van der Waals surface area (Å²) < 4.78 is 13.0. The van der Waals surface area contributed by atoms with Crippen molar-refractivity contribution in [2.75, 3.05) is 0 Å². The lowest BCUT2D eigenvalue weighted by Gasteiger charge is -2.12. The molecule has 1 N–H and O–H groups in total. The number of nitrogens with one attached hydrogen (secondary N) is 1. The van der Waals surface area contributed by atoms with Crippen molar-refractivity contribution in [2.24, 2.45) is 0 Å². The second-order valence-corrected chi connectivity index (χ2v) is 24.3. The maximum absolute atomic E-state index is 3.57. The predicted molar refractivity (Wildman–Crippen MR) is 388 cm³/mol. The zero-order chi connectivity index (χ0) is 60.1. The van der Waals surface area contributed by atoms with E-state index in [0.29, 0.717) is 0 Å². The minimum atomic E-state index is 1.11. The van der Waals surface area contributed by atoms with Crippen LogP contribution in [0.3, 0.4) is 0 Å². The minimum absolute atomic E-state index is 1.11. The number of fused-ring (bicyclic) bond motifs is 18. The summed E-state index contributed by atoms with van der Waals surface area (Å²) in [6, 6.07) is 117. The molecule has 0 spiro atoms. The largest absolute Gasteiger partial charge is 0.354 e. The van der Waals surface area contributed by atoms with Gasteiger partial charge in [-0.25, -0.2) is 0 Å². The van der Waals surface area contributed by atoms with Crippen molar-refractivity contribution in [3.05, 3.63) is 332 Å². The fraction of sp³-hybridized carbons (Fsp3) is 0. The van der Waals surface area contributed by atoms with Crippen LogP contribution in [0.2, 0.25) is 0 Å². The standard InChI is InChI=1S/C42H27N3.C24H16N2.C18H12BrN/c1-2-12-28(13-3-1)43-40-21-11-7-17-34(40)36-26-29(23-25-41(36)43)45-39-20-10-6-16-33(39)35-24-22-30(27-42(35)45)44-37-18-8-4-14-31(37)32-15-5-9-19-38(32)44;1-4-10-21-17(7-1)18-14-13-16(15-22(18)25-21)26-23-11-5-2-8-19(23)20-9-3-6-12-24(20)26;19-13-10-11-18-16(12-13)15-8-4-5-9-17(15)20(18)14-6-2-1-3-7-14/h1-27H;1-15,25H;1-12H. The van der Waals surface area contributed by atoms with Crippen molar-refractivity contribution in [3.8, 4) is 28.4 Å². The highest BCUT2D eigenvalue weighted by atomic mass is 79.9. The van der Waals surface area contributed by atoms with Crippen molar-refractivity contribution in [2.45, 2.75) is 0 Å². The van der Waals surface area contributed by atoms with Crippen molar-refractivity contribution in [1.82, 2.24) is 27.8 Å². The first-order valence-corrected chi connectivity index (χ1v) is 31.7. The van der Waals surface area contributed by atoms with Crippen LogP contribution in [0.25, 0.3) is 159 Å². The number of halogens is 1. The van der Waals surface area contributed by atoms with Gasteiger partial charge in [0.25, 0.3) is 0 Å². The first-order chi connectivity index (χ1) is 45.1. The van der Waals surface area contributed by atoms with Crippen LogP contribution in [0.15, 0.2) is 332 Å². The van der Waals surface area contributed by atoms with Gasteiger partial charge in [-0.05, 0) is 133 Å². The molecule has 0 amide bonds. The van der Waals surface area contributed by atoms with Gasteiger partial charge >= 0.3 is 0 Å². The van der Waals surface area contributed by atoms with E-state index in [0.717, 1.165) is 15.8 Å². The zero-order valence-electron chi connectivity index (χ0n) is 49.3. The third kappa shape index (κ3) is 8.46. The fourth-order valence-electron chi connectivity index (χ4n) is 14.5. The lowest BCUT2D eigenvalue weighted by Crippen LogP contribution is -1.97. The Morgan fingerprint density at radius 3 is 0.923 bits per heavy atom. The highest BCUT2D eigenvalue weighted by Crippen LogP contribution is 2.41. The molecule has 20 aromatic rings. The molecule has 0 aliphatic carbocycles. The molecule has 428 valence electrons. The van der Waals surface area contributed by atoms with Gasteiger partial charge in [0.1, 0.15) is 0 Å². The number of hydrogen-bond acceptors (Lipinski definition) is 0. The molecule has 0 atom stereocenters. The highest BCUT2D eigenvalue weighted by molar-refractivity contribution is 9.10. The van der Waals surface area contributed by atoms with Crippen LogP contribution in [0.5, 0.6) is 0 Å². The Kier molecular flexibility index (Phi) is 12.3. The summed E-state index contributed by atoms with van der Waals surface area (Å²) in [4.78, 5) is 3.56. The second-order valence-electron chi connectivity index (χ2n) is 23.4. The number of benzene rings is 14. The molecule has 14 aromatic carbocycles. The Balaban J connectivity index is 0.000000112. The zero-order valence-corrected chi connectivity index (χ0v) is 50.9. The topological polar surface area (TPSA) is 40.4 Å². The highest BCUT2D eigenvalue weighted by Gasteiger charge is 2.20. The molecule has 91 heavy (non-hydrogen) atoms. The molecular weight excluding hydrogens is 1170 g/mol. The van der Waals surface area contributed by atoms with E-state index >= 15 is 0 Å². The number of H-pyrrole nitrogens is 1. The molecule has 0 saturated carbocycles. The first kappa shape index (κ1) is 52.5. The van der Waals surface area contributed by atoms with Gasteiger partial charge in [-0.15, -0.1) is 0 Å². The van der Waals surface area contributed by atoms with Crippen molar-refractivity contribution in [1.29, 1.82) is 0 Å². The summed E-state index contributed by atoms with van der Waals surface area (Å²) in [5, 5.41) is 15.2. The van der Waals surface area contributed by atoms with Crippen LogP contribution in [-0.2, 0) is 0 Å². The number of hydrogen-bond donors (Lipinski definition) is 1. The van der Waals surface area contributed by atoms with E-state index in [4.69, 9.17) is 0 Å². The maximum Gasteiger partial charge on any atom is 0.0561 e. The lowest BCUT2D eigenvalue weighted by molar-refractivity contribution is 1.15. The summed E-state index contributed by atoms with van der Waals surface area (Å²) in [5.41, 5.74) is 20.4. The summed E-state index contributed by atoms with van der Waals surface area (Å²) in [6.45, 7) is 0. The average molecular weight is 1230 g/mol. The Morgan fingerprint density at radius 1 is 0.176 bits per heavy atom. The Labute approximate surface area is 531 Å². The monoisotopic (exact) mass is 1230 g/mol. The van der Waals surface area contributed by atoms with Gasteiger partial charge in [0.2, 0.25) is 0 Å². The first-order valence-electron chi connectivity index (χ1n) is 30.9. The van der Waals surface area contributed by atoms with E-state index in [9.17, 15) is 0 Å². The lowest BCUT2D eigenvalue weighted by atomic mass is 10.1. The summed E-state index contributed by atoms with van der Waals surface area (Å²) in [6.07, 6.45) is 0. The van der Waals surface area contributed by atoms with Crippen LogP contribution < -0.4 is 0 Å². The van der Waals surface area contributed by atoms with Crippen molar-refractivity contribution in [3.63, 3.8) is 0 Å². The second kappa shape index (κ2) is 21.3. The average Bonchev–Trinajstić information content (AvgIpc) is 1.79. The molecule has 0 bridgehead atoms. The number of nitrogens with zero attached hydrogens (tertiary/aromatic N) is 5. The van der Waals surface area contributed by atoms with Crippen LogP contribution in [0, 0.1) is 0 Å². The van der Waals surface area contributed by atoms with Crippen molar-refractivity contribution >= 4 is 147 Å². The van der Waals surface area contributed by atoms with Crippen LogP contribution in [0.1, 0.15) is 0 Å². The van der Waals surface area contributed by atoms with Crippen LogP contribution >= 0.6 is 15.9 Å². The molecule has 0 saturated heterocycles. The molecule has 6 aromatic heterocycles. The maximum atomic E-state index is 3.57. The smallest absolute Gasteiger partial charge is 0.0561 e. The van der Waals surface area contributed by atoms with Crippen molar-refractivity contribution < 1.29 is 0 Å². The summed E-state index contributed by atoms with van der Waals surface area (Å²) >= 11 is 3.57. The molecule has 0 aliphatic heterocycles. The summed E-state index contributed by atoms with van der Waals surface area (Å²) in [7, 11) is 0. The Morgan fingerprint density at radius 2 is 0.462 bits per heavy atom. The molecule has 20 rings (SSSR count). The predicted octanol–water partition coefficient (Wildman–Crippen LogP) is 22.9. The quantitative estimate of drug-likeness (QED) is 0.178. The normalized spacial score (nSPS) is 11.8. The molecule has 6 heterocycles. The third-order valence-corrected chi connectivity index (χ3v) is 18.9. The number of aromatic nitrogens is 6. The van der Waals surface area contributed by atoms with Gasteiger partial charge in [-0.1, -0.05) is 210 Å².